The molecule has 406 valence electrons. The number of nitrogens with zero attached hydrogens (tertiary/aromatic N) is 1. The van der Waals surface area contributed by atoms with E-state index >= 15 is 0 Å². The largest absolute Gasteiger partial charge is 0.508 e. The second kappa shape index (κ2) is 29.3. The van der Waals surface area contributed by atoms with Crippen molar-refractivity contribution in [3.05, 3.63) is 107 Å². The van der Waals surface area contributed by atoms with E-state index in [0.717, 1.165) is 48.6 Å². The van der Waals surface area contributed by atoms with Crippen molar-refractivity contribution in [3.8, 4) is 5.75 Å². The number of likely N-dealkylation sites (N-methyl/N-ethyl adjacent to an activating group) is 1. The summed E-state index contributed by atoms with van der Waals surface area (Å²) in [5.41, 5.74) is 7.87. The summed E-state index contributed by atoms with van der Waals surface area (Å²) in [5.74, 6) is -9.73. The van der Waals surface area contributed by atoms with Gasteiger partial charge in [0.1, 0.15) is 47.8 Å². The van der Waals surface area contributed by atoms with Gasteiger partial charge in [-0.25, -0.2) is 4.79 Å². The first-order chi connectivity index (χ1) is 35.6. The Balaban J connectivity index is 1.87. The zero-order chi connectivity index (χ0) is 55.4. The fourth-order valence-electron chi connectivity index (χ4n) is 8.24. The summed E-state index contributed by atoms with van der Waals surface area (Å²) in [6, 6.07) is 11.4. The van der Waals surface area contributed by atoms with Crippen LogP contribution in [0.5, 0.6) is 5.75 Å². The quantitative estimate of drug-likeness (QED) is 0.0512. The van der Waals surface area contributed by atoms with Gasteiger partial charge in [-0.3, -0.25) is 38.4 Å². The number of aryl methyl sites for hydroxylation is 2. The summed E-state index contributed by atoms with van der Waals surface area (Å²) in [6.45, 7) is 6.94. The molecule has 8 amide bonds. The van der Waals surface area contributed by atoms with E-state index in [9.17, 15) is 58.5 Å². The first kappa shape index (κ1) is 59.9. The molecule has 0 spiro atoms. The first-order valence-electron chi connectivity index (χ1n) is 25.1. The second-order valence-electron chi connectivity index (χ2n) is 19.0. The molecule has 0 aromatic heterocycles. The Labute approximate surface area is 436 Å². The number of benzene rings is 3. The molecule has 0 unspecified atom stereocenters. The molecular formula is C54H72N8O13. The van der Waals surface area contributed by atoms with Crippen LogP contribution in [0.2, 0.25) is 0 Å². The normalized spacial score (nSPS) is 22.8. The van der Waals surface area contributed by atoms with Crippen molar-refractivity contribution in [3.63, 3.8) is 0 Å². The molecule has 1 aliphatic rings. The van der Waals surface area contributed by atoms with Gasteiger partial charge in [-0.15, -0.1) is 0 Å². The van der Waals surface area contributed by atoms with Crippen LogP contribution in [0.1, 0.15) is 95.4 Å². The van der Waals surface area contributed by atoms with Gasteiger partial charge in [0.2, 0.25) is 35.4 Å². The summed E-state index contributed by atoms with van der Waals surface area (Å²) >= 11 is 0. The van der Waals surface area contributed by atoms with Gasteiger partial charge in [-0.2, -0.15) is 0 Å². The molecule has 0 aliphatic carbocycles. The van der Waals surface area contributed by atoms with Crippen molar-refractivity contribution in [2.24, 2.45) is 11.7 Å². The van der Waals surface area contributed by atoms with E-state index in [1.54, 1.807) is 44.2 Å². The minimum absolute atomic E-state index is 0.0111. The highest BCUT2D eigenvalue weighted by Gasteiger charge is 2.39. The molecule has 21 nitrogen and oxygen atoms in total. The zero-order valence-electron chi connectivity index (χ0n) is 43.3. The number of rotatable bonds is 17. The van der Waals surface area contributed by atoms with Crippen LogP contribution in [-0.2, 0) is 67.2 Å². The van der Waals surface area contributed by atoms with E-state index in [1.165, 1.54) is 44.3 Å². The number of nitrogens with two attached hydrogens (primary N) is 1. The topological polar surface area (TPSA) is 325 Å². The fraction of sp³-hybridized carbons (Fsp3) is 0.463. The van der Waals surface area contributed by atoms with E-state index in [0.29, 0.717) is 11.1 Å². The van der Waals surface area contributed by atoms with Gasteiger partial charge in [0.15, 0.2) is 6.04 Å². The smallest absolute Gasteiger partial charge is 0.331 e. The Hall–Kier alpha value is -7.65. The monoisotopic (exact) mass is 1040 g/mol. The lowest BCUT2D eigenvalue weighted by atomic mass is 9.98. The minimum atomic E-state index is -1.92. The van der Waals surface area contributed by atoms with Crippen LogP contribution in [0.4, 0.5) is 0 Å². The van der Waals surface area contributed by atoms with E-state index < -0.39 is 120 Å². The molecule has 1 saturated heterocycles. The maximum absolute atomic E-state index is 15.0. The van der Waals surface area contributed by atoms with E-state index in [4.69, 9.17) is 10.5 Å². The van der Waals surface area contributed by atoms with Crippen molar-refractivity contribution in [1.29, 1.82) is 0 Å². The Morgan fingerprint density at radius 3 is 1.95 bits per heavy atom. The number of cyclic esters (lactones) is 1. The number of hydrogen-bond donors (Lipinski definition) is 10. The molecule has 75 heavy (non-hydrogen) atoms. The number of carbonyl (C=O) groups excluding carboxylic acids is 9. The van der Waals surface area contributed by atoms with E-state index in [2.05, 4.69) is 38.8 Å². The molecule has 11 N–H and O–H groups in total. The molecule has 3 aromatic rings. The van der Waals surface area contributed by atoms with Crippen LogP contribution in [0.3, 0.4) is 0 Å². The highest BCUT2D eigenvalue weighted by Crippen LogP contribution is 2.20. The number of aliphatic hydroxyl groups excluding tert-OH is 2. The molecule has 3 aromatic carbocycles. The predicted molar refractivity (Wildman–Crippen MR) is 276 cm³/mol. The van der Waals surface area contributed by atoms with Crippen LogP contribution in [-0.4, -0.2) is 136 Å². The number of carbonyl (C=O) groups is 9. The molecule has 4 rings (SSSR count). The van der Waals surface area contributed by atoms with Crippen molar-refractivity contribution in [1.82, 2.24) is 36.8 Å². The standard InChI is InChI=1S/C54H72N8O13/c1-7-8-10-17-36-18-13-14-19-37(36)22-25-45(67)60-47-33(5)75-54(74)42(30-63)59-49(69)41(29-44(55)66)58-52(72)46(32(4)64)61-50(70)40(27-34-15-11-9-12-16-34)56-48(68)39(26-31(2)3)57-51(71)43(62(6)53(47)73)28-35-20-23-38(65)24-21-35/h9,11-16,18-21,23-24,28,31-33,39-42,46-47,63-65H,7-8,10,17,22,25-27,29-30H2,1-6H3,(H2,55,66)(H,56,68)(H,57,71)(H,58,72)(H,59,69)(H,60,67)(H,61,70)/b43-28-/t32-,33+,39-,40+,41-,42-,46-,47-/m0/s1. The van der Waals surface area contributed by atoms with E-state index in [-0.39, 0.29) is 37.4 Å². The van der Waals surface area contributed by atoms with Crippen LogP contribution in [0, 0.1) is 5.92 Å². The van der Waals surface area contributed by atoms with Gasteiger partial charge in [0.05, 0.1) is 19.1 Å². The maximum atomic E-state index is 15.0. The number of unbranched alkanes of at least 4 members (excludes halogenated alkanes) is 2. The molecule has 0 radical (unpaired) electrons. The van der Waals surface area contributed by atoms with Crippen molar-refractivity contribution in [2.75, 3.05) is 13.7 Å². The molecule has 0 bridgehead atoms. The third-order valence-electron chi connectivity index (χ3n) is 12.4. The number of nitrogens with one attached hydrogen (secondary N) is 6. The summed E-state index contributed by atoms with van der Waals surface area (Å²) in [4.78, 5) is 127. The lowest BCUT2D eigenvalue weighted by Gasteiger charge is -2.31. The lowest BCUT2D eigenvalue weighted by molar-refractivity contribution is -0.158. The summed E-state index contributed by atoms with van der Waals surface area (Å²) in [6.07, 6.45) is 0.863. The molecule has 1 fully saturated rings. The number of phenolic OH excluding ortho intramolecular Hbond substituents is 1. The molecule has 21 heteroatoms. The van der Waals surface area contributed by atoms with Gasteiger partial charge in [-0.1, -0.05) is 100 Å². The Morgan fingerprint density at radius 2 is 1.35 bits per heavy atom. The van der Waals surface area contributed by atoms with Crippen LogP contribution < -0.4 is 37.6 Å². The number of esters is 1. The highest BCUT2D eigenvalue weighted by atomic mass is 16.5. The summed E-state index contributed by atoms with van der Waals surface area (Å²) in [5, 5.41) is 46.2. The SMILES string of the molecule is CCCCCc1ccccc1CCC(=O)N[C@@H]1C(=O)N(C)/C(=C\c2ccc(O)cc2)C(=O)N[C@@H](CC(C)C)C(=O)N[C@H](Cc2ccccc2)C(=O)N[C@@H]([C@H](C)O)C(=O)N[C@@H](CC(N)=O)C(=O)N[C@@H](CO)C(=O)O[C@@H]1C. The Morgan fingerprint density at radius 1 is 0.760 bits per heavy atom. The number of primary amides is 1. The minimum Gasteiger partial charge on any atom is -0.508 e. The van der Waals surface area contributed by atoms with Crippen molar-refractivity contribution >= 4 is 59.3 Å². The van der Waals surface area contributed by atoms with Crippen LogP contribution in [0.25, 0.3) is 6.08 Å². The van der Waals surface area contributed by atoms with Gasteiger partial charge >= 0.3 is 5.97 Å². The maximum Gasteiger partial charge on any atom is 0.331 e. The molecular weight excluding hydrogens is 969 g/mol. The van der Waals surface area contributed by atoms with Crippen LogP contribution in [0.15, 0.2) is 84.6 Å². The number of amides is 8. The highest BCUT2D eigenvalue weighted by molar-refractivity contribution is 6.05. The molecule has 0 saturated carbocycles. The number of aliphatic hydroxyl groups is 2. The molecule has 8 atom stereocenters. The van der Waals surface area contributed by atoms with Gasteiger partial charge < -0.3 is 62.6 Å². The number of aromatic hydroxyl groups is 1. The summed E-state index contributed by atoms with van der Waals surface area (Å²) < 4.78 is 5.67. The van der Waals surface area contributed by atoms with Gasteiger partial charge in [-0.05, 0) is 85.9 Å². The van der Waals surface area contributed by atoms with Crippen LogP contribution >= 0.6 is 0 Å². The third-order valence-corrected chi connectivity index (χ3v) is 12.4. The Bertz CT molecular complexity index is 2500. The van der Waals surface area contributed by atoms with Crippen molar-refractivity contribution in [2.45, 2.75) is 141 Å². The van der Waals surface area contributed by atoms with Gasteiger partial charge in [0.25, 0.3) is 11.8 Å². The average Bonchev–Trinajstić information content (AvgIpc) is 3.36. The second-order valence-corrected chi connectivity index (χ2v) is 19.0. The Kier molecular flexibility index (Phi) is 23.4. The number of hydrogen-bond acceptors (Lipinski definition) is 13. The van der Waals surface area contributed by atoms with E-state index in [1.807, 2.05) is 24.3 Å². The number of ether oxygens (including phenoxy) is 1. The zero-order valence-corrected chi connectivity index (χ0v) is 43.3. The van der Waals surface area contributed by atoms with Gasteiger partial charge in [0, 0.05) is 19.9 Å². The first-order valence-corrected chi connectivity index (χ1v) is 25.1. The third kappa shape index (κ3) is 18.7. The van der Waals surface area contributed by atoms with Crippen molar-refractivity contribution < 1.29 is 63.2 Å². The molecule has 1 aliphatic heterocycles. The lowest BCUT2D eigenvalue weighted by Crippen LogP contribution is -2.62. The predicted octanol–water partition coefficient (Wildman–Crippen LogP) is 0.948. The fourth-order valence-corrected chi connectivity index (χ4v) is 8.24. The molecule has 1 heterocycles. The summed E-state index contributed by atoms with van der Waals surface area (Å²) in [7, 11) is 1.22. The number of phenols is 1. The average molecular weight is 1040 g/mol.